The molecule has 3 aromatic heterocycles. The molecule has 146 valence electrons. The lowest BCUT2D eigenvalue weighted by Gasteiger charge is -2.19. The maximum Gasteiger partial charge on any atom is 0.256 e. The van der Waals surface area contributed by atoms with Crippen LogP contribution in [-0.4, -0.2) is 10.9 Å². The van der Waals surface area contributed by atoms with Gasteiger partial charge in [-0.1, -0.05) is 30.3 Å². The van der Waals surface area contributed by atoms with E-state index in [1.807, 2.05) is 61.5 Å². The summed E-state index contributed by atoms with van der Waals surface area (Å²) in [6, 6.07) is 21.4. The number of hydrogen-bond acceptors (Lipinski definition) is 5. The van der Waals surface area contributed by atoms with Crippen LogP contribution in [0.4, 0.5) is 10.8 Å². The maximum atomic E-state index is 12.8. The molecule has 0 radical (unpaired) electrons. The van der Waals surface area contributed by atoms with Crippen molar-refractivity contribution >= 4 is 39.4 Å². The van der Waals surface area contributed by atoms with Crippen LogP contribution in [-0.2, 0) is 0 Å². The van der Waals surface area contributed by atoms with Crippen LogP contribution in [0.2, 0.25) is 0 Å². The van der Waals surface area contributed by atoms with E-state index < -0.39 is 0 Å². The monoisotopic (exact) mass is 419 g/mol. The van der Waals surface area contributed by atoms with Gasteiger partial charge in [0.05, 0.1) is 6.04 Å². The maximum absolute atomic E-state index is 12.8. The van der Waals surface area contributed by atoms with Crippen LogP contribution in [0.1, 0.15) is 37.4 Å². The number of hydrogen-bond donors (Lipinski definition) is 2. The van der Waals surface area contributed by atoms with E-state index in [9.17, 15) is 4.79 Å². The molecule has 1 amide bonds. The van der Waals surface area contributed by atoms with Gasteiger partial charge >= 0.3 is 0 Å². The molecule has 0 unspecified atom stereocenters. The molecule has 0 bridgehead atoms. The third-order valence-electron chi connectivity index (χ3n) is 4.47. The number of carbonyl (C=O) groups is 1. The Balaban J connectivity index is 1.69. The van der Waals surface area contributed by atoms with E-state index in [1.54, 1.807) is 22.7 Å². The molecular formula is C23H21N3OS2. The minimum Gasteiger partial charge on any atom is -0.358 e. The first-order valence-corrected chi connectivity index (χ1v) is 11.0. The average molecular weight is 420 g/mol. The summed E-state index contributed by atoms with van der Waals surface area (Å²) in [6.07, 6.45) is 0. The van der Waals surface area contributed by atoms with E-state index in [0.29, 0.717) is 5.56 Å². The summed E-state index contributed by atoms with van der Waals surface area (Å²) in [5.41, 5.74) is 2.65. The van der Waals surface area contributed by atoms with Crippen LogP contribution in [0, 0.1) is 13.8 Å². The minimum absolute atomic E-state index is 0.0969. The van der Waals surface area contributed by atoms with Crippen LogP contribution in [0.15, 0.2) is 72.1 Å². The van der Waals surface area contributed by atoms with Crippen LogP contribution in [0.3, 0.4) is 0 Å². The topological polar surface area (TPSA) is 54.0 Å². The van der Waals surface area contributed by atoms with Gasteiger partial charge in [-0.2, -0.15) is 0 Å². The molecule has 3 heterocycles. The fourth-order valence-corrected chi connectivity index (χ4v) is 4.88. The molecule has 0 spiro atoms. The van der Waals surface area contributed by atoms with Gasteiger partial charge in [0.1, 0.15) is 10.8 Å². The van der Waals surface area contributed by atoms with Crippen molar-refractivity contribution < 1.29 is 4.79 Å². The first-order chi connectivity index (χ1) is 14.1. The number of aromatic nitrogens is 1. The Morgan fingerprint density at radius 3 is 2.55 bits per heavy atom. The van der Waals surface area contributed by atoms with E-state index >= 15 is 0 Å². The van der Waals surface area contributed by atoms with Gasteiger partial charge in [0.25, 0.3) is 5.91 Å². The Morgan fingerprint density at radius 1 is 1.00 bits per heavy atom. The van der Waals surface area contributed by atoms with Gasteiger partial charge in [-0.15, -0.1) is 22.7 Å². The molecule has 0 aliphatic carbocycles. The van der Waals surface area contributed by atoms with Crippen molar-refractivity contribution in [2.75, 3.05) is 10.6 Å². The zero-order chi connectivity index (χ0) is 20.2. The smallest absolute Gasteiger partial charge is 0.256 e. The van der Waals surface area contributed by atoms with E-state index in [1.165, 1.54) is 4.88 Å². The van der Waals surface area contributed by atoms with E-state index in [2.05, 4.69) is 40.1 Å². The van der Waals surface area contributed by atoms with Gasteiger partial charge in [0, 0.05) is 26.6 Å². The second-order valence-corrected chi connectivity index (χ2v) is 8.95. The highest BCUT2D eigenvalue weighted by Gasteiger charge is 2.23. The van der Waals surface area contributed by atoms with Crippen LogP contribution >= 0.6 is 22.7 Å². The summed E-state index contributed by atoms with van der Waals surface area (Å²) in [5, 5.41) is 9.59. The number of thiophene rings is 2. The summed E-state index contributed by atoms with van der Waals surface area (Å²) in [4.78, 5) is 19.7. The molecule has 4 rings (SSSR count). The standard InChI is InChI=1S/C23H21N3OS2/c1-15-8-6-12-20(24-15)25-21(19-11-7-13-28-19)18-14-16(2)29-23(18)26-22(27)17-9-4-3-5-10-17/h3-14,21H,1-2H3,(H,24,25)(H,26,27)/t21-/m0/s1. The van der Waals surface area contributed by atoms with Crippen molar-refractivity contribution in [3.05, 3.63) is 98.7 Å². The molecule has 0 saturated heterocycles. The third kappa shape index (κ3) is 4.55. The lowest BCUT2D eigenvalue weighted by molar-refractivity contribution is 0.102. The molecule has 0 fully saturated rings. The molecule has 0 aliphatic rings. The Bertz CT molecular complexity index is 1100. The van der Waals surface area contributed by atoms with E-state index in [-0.39, 0.29) is 11.9 Å². The highest BCUT2D eigenvalue weighted by molar-refractivity contribution is 7.16. The number of pyridine rings is 1. The number of amides is 1. The normalized spacial score (nSPS) is 11.8. The molecule has 1 aromatic carbocycles. The Kier molecular flexibility index (Phi) is 5.74. The molecular weight excluding hydrogens is 398 g/mol. The average Bonchev–Trinajstić information content (AvgIpc) is 3.37. The van der Waals surface area contributed by atoms with Crippen LogP contribution in [0.5, 0.6) is 0 Å². The summed E-state index contributed by atoms with van der Waals surface area (Å²) >= 11 is 3.27. The van der Waals surface area contributed by atoms with Crippen LogP contribution in [0.25, 0.3) is 0 Å². The molecule has 0 saturated carbocycles. The van der Waals surface area contributed by atoms with Crippen molar-refractivity contribution in [2.45, 2.75) is 19.9 Å². The first-order valence-electron chi connectivity index (χ1n) is 9.30. The van der Waals surface area contributed by atoms with Gasteiger partial charge in [-0.05, 0) is 55.6 Å². The zero-order valence-electron chi connectivity index (χ0n) is 16.2. The Labute approximate surface area is 178 Å². The lowest BCUT2D eigenvalue weighted by atomic mass is 10.1. The molecule has 4 nitrogen and oxygen atoms in total. The van der Waals surface area contributed by atoms with Gasteiger partial charge in [-0.3, -0.25) is 4.79 Å². The van der Waals surface area contributed by atoms with Crippen molar-refractivity contribution in [1.29, 1.82) is 0 Å². The predicted octanol–water partition coefficient (Wildman–Crippen LogP) is 6.28. The number of rotatable bonds is 6. The molecule has 29 heavy (non-hydrogen) atoms. The fraction of sp³-hybridized carbons (Fsp3) is 0.130. The highest BCUT2D eigenvalue weighted by Crippen LogP contribution is 2.39. The molecule has 1 atom stereocenters. The van der Waals surface area contributed by atoms with E-state index in [0.717, 1.165) is 27.0 Å². The highest BCUT2D eigenvalue weighted by atomic mass is 32.1. The number of benzene rings is 1. The summed E-state index contributed by atoms with van der Waals surface area (Å²) in [7, 11) is 0. The first kappa shape index (κ1) is 19.4. The second-order valence-electron chi connectivity index (χ2n) is 6.72. The molecule has 6 heteroatoms. The van der Waals surface area contributed by atoms with Crippen molar-refractivity contribution in [2.24, 2.45) is 0 Å². The number of carbonyl (C=O) groups excluding carboxylic acids is 1. The predicted molar refractivity (Wildman–Crippen MR) is 122 cm³/mol. The SMILES string of the molecule is Cc1cccc(N[C@H](c2cccs2)c2cc(C)sc2NC(=O)c2ccccc2)n1. The molecule has 4 aromatic rings. The lowest BCUT2D eigenvalue weighted by Crippen LogP contribution is -2.16. The van der Waals surface area contributed by atoms with Gasteiger partial charge in [0.15, 0.2) is 0 Å². The molecule has 2 N–H and O–H groups in total. The summed E-state index contributed by atoms with van der Waals surface area (Å²) in [5.74, 6) is 0.708. The van der Waals surface area contributed by atoms with Crippen LogP contribution < -0.4 is 10.6 Å². The van der Waals surface area contributed by atoms with E-state index in [4.69, 9.17) is 0 Å². The number of nitrogens with zero attached hydrogens (tertiary/aromatic N) is 1. The van der Waals surface area contributed by atoms with Crippen molar-refractivity contribution in [3.63, 3.8) is 0 Å². The molecule has 0 aliphatic heterocycles. The van der Waals surface area contributed by atoms with Gasteiger partial charge < -0.3 is 10.6 Å². The Morgan fingerprint density at radius 2 is 1.83 bits per heavy atom. The largest absolute Gasteiger partial charge is 0.358 e. The number of anilines is 2. The number of nitrogens with one attached hydrogen (secondary N) is 2. The zero-order valence-corrected chi connectivity index (χ0v) is 17.8. The Hall–Kier alpha value is -2.96. The summed E-state index contributed by atoms with van der Waals surface area (Å²) < 4.78 is 0. The number of aryl methyl sites for hydroxylation is 2. The quantitative estimate of drug-likeness (QED) is 0.387. The minimum atomic E-state index is -0.104. The van der Waals surface area contributed by atoms with Crippen molar-refractivity contribution in [3.8, 4) is 0 Å². The fourth-order valence-electron chi connectivity index (χ4n) is 3.14. The van der Waals surface area contributed by atoms with Gasteiger partial charge in [0.2, 0.25) is 0 Å². The van der Waals surface area contributed by atoms with Gasteiger partial charge in [-0.25, -0.2) is 4.98 Å². The third-order valence-corrected chi connectivity index (χ3v) is 6.39. The second kappa shape index (κ2) is 8.59. The van der Waals surface area contributed by atoms with Crippen molar-refractivity contribution in [1.82, 2.24) is 4.98 Å². The summed E-state index contributed by atoms with van der Waals surface area (Å²) in [6.45, 7) is 4.04.